The van der Waals surface area contributed by atoms with Gasteiger partial charge in [0.05, 0.1) is 7.11 Å². The molecule has 0 aromatic carbocycles. The molecule has 1 saturated carbocycles. The smallest absolute Gasteiger partial charge is 0.329 e. The van der Waals surface area contributed by atoms with Gasteiger partial charge < -0.3 is 14.7 Å². The highest BCUT2D eigenvalue weighted by Gasteiger charge is 2.45. The van der Waals surface area contributed by atoms with Crippen LogP contribution in [0.3, 0.4) is 0 Å². The van der Waals surface area contributed by atoms with Crippen molar-refractivity contribution in [2.45, 2.75) is 37.6 Å². The minimum absolute atomic E-state index is 0.115. The van der Waals surface area contributed by atoms with Gasteiger partial charge in [0.15, 0.2) is 5.69 Å². The van der Waals surface area contributed by atoms with Crippen LogP contribution in [-0.2, 0) is 4.79 Å². The van der Waals surface area contributed by atoms with Crippen molar-refractivity contribution in [3.63, 3.8) is 0 Å². The molecular weight excluding hydrogens is 274 g/mol. The first-order chi connectivity index (χ1) is 10.0. The van der Waals surface area contributed by atoms with Crippen LogP contribution in [0.1, 0.15) is 42.6 Å². The van der Waals surface area contributed by atoms with Gasteiger partial charge in [-0.05, 0) is 18.9 Å². The van der Waals surface area contributed by atoms with Crippen molar-refractivity contribution in [1.29, 1.82) is 0 Å². The first kappa shape index (κ1) is 15.2. The Morgan fingerprint density at radius 2 is 1.90 bits per heavy atom. The maximum Gasteiger partial charge on any atom is 0.329 e. The van der Waals surface area contributed by atoms with Gasteiger partial charge in [0, 0.05) is 13.1 Å². The number of likely N-dealkylation sites (N-methyl/N-ethyl adjacent to an activating group) is 1. The van der Waals surface area contributed by atoms with Crippen LogP contribution in [0.5, 0.6) is 5.88 Å². The fourth-order valence-electron chi connectivity index (χ4n) is 2.74. The number of carboxylic acid groups (broad SMARTS) is 1. The number of aliphatic carboxylic acids is 1. The van der Waals surface area contributed by atoms with E-state index in [1.807, 2.05) is 0 Å². The topological polar surface area (TPSA) is 92.6 Å². The van der Waals surface area contributed by atoms with E-state index in [0.717, 1.165) is 19.3 Å². The highest BCUT2D eigenvalue weighted by molar-refractivity contribution is 5.96. The van der Waals surface area contributed by atoms with Gasteiger partial charge in [0.25, 0.3) is 5.91 Å². The lowest BCUT2D eigenvalue weighted by molar-refractivity contribution is -0.151. The Kier molecular flexibility index (Phi) is 4.40. The zero-order valence-electron chi connectivity index (χ0n) is 12.2. The van der Waals surface area contributed by atoms with Gasteiger partial charge in [0.2, 0.25) is 5.88 Å². The molecule has 1 aromatic heterocycles. The summed E-state index contributed by atoms with van der Waals surface area (Å²) in [5, 5.41) is 17.1. The molecule has 0 radical (unpaired) electrons. The molecule has 7 nitrogen and oxygen atoms in total. The zero-order chi connectivity index (χ0) is 15.5. The minimum Gasteiger partial charge on any atom is -0.480 e. The van der Waals surface area contributed by atoms with Crippen molar-refractivity contribution in [3.05, 3.63) is 17.8 Å². The van der Waals surface area contributed by atoms with E-state index >= 15 is 0 Å². The quantitative estimate of drug-likeness (QED) is 0.900. The molecule has 0 saturated heterocycles. The van der Waals surface area contributed by atoms with E-state index in [0.29, 0.717) is 18.7 Å². The molecule has 1 heterocycles. The van der Waals surface area contributed by atoms with E-state index in [1.54, 1.807) is 0 Å². The molecule has 2 rings (SSSR count). The standard InChI is InChI=1S/C14H19N3O4/c1-17(14(13(19)20)8-4-3-5-9-14)12(18)10-6-7-11(21-2)16-15-10/h6-7H,3-5,8-9H2,1-2H3,(H,19,20). The first-order valence-corrected chi connectivity index (χ1v) is 6.90. The second-order valence-corrected chi connectivity index (χ2v) is 5.22. The van der Waals surface area contributed by atoms with Crippen molar-refractivity contribution < 1.29 is 19.4 Å². The average molecular weight is 293 g/mol. The van der Waals surface area contributed by atoms with E-state index in [1.165, 1.54) is 31.2 Å². The molecular formula is C14H19N3O4. The summed E-state index contributed by atoms with van der Waals surface area (Å²) in [5.74, 6) is -1.09. The highest BCUT2D eigenvalue weighted by atomic mass is 16.5. The number of hydrogen-bond acceptors (Lipinski definition) is 5. The number of ether oxygens (including phenoxy) is 1. The van der Waals surface area contributed by atoms with Crippen molar-refractivity contribution in [2.75, 3.05) is 14.2 Å². The molecule has 21 heavy (non-hydrogen) atoms. The number of hydrogen-bond donors (Lipinski definition) is 1. The third-order valence-electron chi connectivity index (χ3n) is 4.09. The predicted molar refractivity (Wildman–Crippen MR) is 74.1 cm³/mol. The van der Waals surface area contributed by atoms with Crippen LogP contribution in [0.4, 0.5) is 0 Å². The average Bonchev–Trinajstić information content (AvgIpc) is 2.54. The van der Waals surface area contributed by atoms with Gasteiger partial charge in [-0.1, -0.05) is 19.3 Å². The molecule has 0 spiro atoms. The summed E-state index contributed by atoms with van der Waals surface area (Å²) in [7, 11) is 2.98. The van der Waals surface area contributed by atoms with Gasteiger partial charge in [-0.25, -0.2) is 4.79 Å². The summed E-state index contributed by atoms with van der Waals surface area (Å²) >= 11 is 0. The van der Waals surface area contributed by atoms with Crippen LogP contribution in [-0.4, -0.2) is 51.8 Å². The SMILES string of the molecule is COc1ccc(C(=O)N(C)C2(C(=O)O)CCCCC2)nn1. The van der Waals surface area contributed by atoms with Crippen molar-refractivity contribution in [2.24, 2.45) is 0 Å². The Bertz CT molecular complexity index is 524. The maximum absolute atomic E-state index is 12.5. The number of carbonyl (C=O) groups is 2. The van der Waals surface area contributed by atoms with Crippen molar-refractivity contribution in [1.82, 2.24) is 15.1 Å². The molecule has 1 aliphatic rings. The molecule has 7 heteroatoms. The number of carbonyl (C=O) groups excluding carboxylic acids is 1. The lowest BCUT2D eigenvalue weighted by Crippen LogP contribution is -2.56. The second-order valence-electron chi connectivity index (χ2n) is 5.22. The third kappa shape index (κ3) is 2.81. The molecule has 0 unspecified atom stereocenters. The normalized spacial score (nSPS) is 17.0. The summed E-state index contributed by atoms with van der Waals surface area (Å²) in [6, 6.07) is 3.02. The second kappa shape index (κ2) is 6.07. The fourth-order valence-corrected chi connectivity index (χ4v) is 2.74. The molecule has 1 aromatic rings. The van der Waals surface area contributed by atoms with Crippen LogP contribution in [0.15, 0.2) is 12.1 Å². The van der Waals surface area contributed by atoms with Crippen LogP contribution in [0.25, 0.3) is 0 Å². The van der Waals surface area contributed by atoms with Crippen LogP contribution in [0.2, 0.25) is 0 Å². The highest BCUT2D eigenvalue weighted by Crippen LogP contribution is 2.34. The van der Waals surface area contributed by atoms with Gasteiger partial charge in [-0.15, -0.1) is 10.2 Å². The Balaban J connectivity index is 2.25. The lowest BCUT2D eigenvalue weighted by Gasteiger charge is -2.40. The molecule has 1 N–H and O–H groups in total. The minimum atomic E-state index is -1.14. The summed E-state index contributed by atoms with van der Waals surface area (Å²) in [4.78, 5) is 25.5. The van der Waals surface area contributed by atoms with Gasteiger partial charge in [-0.3, -0.25) is 4.79 Å². The molecule has 0 atom stereocenters. The van der Waals surface area contributed by atoms with Gasteiger partial charge >= 0.3 is 5.97 Å². The van der Waals surface area contributed by atoms with E-state index in [9.17, 15) is 14.7 Å². The predicted octanol–water partition coefficient (Wildman–Crippen LogP) is 1.34. The molecule has 0 bridgehead atoms. The summed E-state index contributed by atoms with van der Waals surface area (Å²) in [6.07, 6.45) is 3.54. The fraction of sp³-hybridized carbons (Fsp3) is 0.571. The van der Waals surface area contributed by atoms with E-state index in [2.05, 4.69) is 10.2 Å². The van der Waals surface area contributed by atoms with E-state index in [-0.39, 0.29) is 5.69 Å². The third-order valence-corrected chi connectivity index (χ3v) is 4.09. The molecule has 0 aliphatic heterocycles. The van der Waals surface area contributed by atoms with Crippen LogP contribution in [0, 0.1) is 0 Å². The monoisotopic (exact) mass is 293 g/mol. The van der Waals surface area contributed by atoms with Crippen molar-refractivity contribution >= 4 is 11.9 Å². The summed E-state index contributed by atoms with van der Waals surface area (Å²) < 4.78 is 4.89. The Morgan fingerprint density at radius 1 is 1.24 bits per heavy atom. The number of aromatic nitrogens is 2. The van der Waals surface area contributed by atoms with Gasteiger partial charge in [0.1, 0.15) is 5.54 Å². The molecule has 114 valence electrons. The first-order valence-electron chi connectivity index (χ1n) is 6.90. The van der Waals surface area contributed by atoms with Crippen molar-refractivity contribution in [3.8, 4) is 5.88 Å². The zero-order valence-corrected chi connectivity index (χ0v) is 12.2. The maximum atomic E-state index is 12.5. The Labute approximate surface area is 122 Å². The number of nitrogens with zero attached hydrogens (tertiary/aromatic N) is 3. The molecule has 1 fully saturated rings. The number of amides is 1. The Hall–Kier alpha value is -2.18. The van der Waals surface area contributed by atoms with Gasteiger partial charge in [-0.2, -0.15) is 0 Å². The lowest BCUT2D eigenvalue weighted by atomic mass is 9.80. The molecule has 1 aliphatic carbocycles. The Morgan fingerprint density at radius 3 is 2.38 bits per heavy atom. The largest absolute Gasteiger partial charge is 0.480 e. The van der Waals surface area contributed by atoms with Crippen LogP contribution >= 0.6 is 0 Å². The van der Waals surface area contributed by atoms with E-state index < -0.39 is 17.4 Å². The number of rotatable bonds is 4. The van der Waals surface area contributed by atoms with Crippen LogP contribution < -0.4 is 4.74 Å². The summed E-state index contributed by atoms with van der Waals surface area (Å²) in [6.45, 7) is 0. The number of carboxylic acids is 1. The molecule has 1 amide bonds. The summed E-state index contributed by atoms with van der Waals surface area (Å²) in [5.41, 5.74) is -1.03. The van der Waals surface area contributed by atoms with E-state index in [4.69, 9.17) is 4.74 Å². The number of methoxy groups -OCH3 is 1.